The molecule has 20 heavy (non-hydrogen) atoms. The summed E-state index contributed by atoms with van der Waals surface area (Å²) >= 11 is 1.73. The lowest BCUT2D eigenvalue weighted by Crippen LogP contribution is -2.37. The number of nitrogens with zero attached hydrogens (tertiary/aromatic N) is 1. The van der Waals surface area contributed by atoms with Crippen LogP contribution in [-0.2, 0) is 16.1 Å². The van der Waals surface area contributed by atoms with E-state index in [1.807, 2.05) is 6.07 Å². The number of guanidine groups is 1. The summed E-state index contributed by atoms with van der Waals surface area (Å²) in [5, 5.41) is 8.59. The van der Waals surface area contributed by atoms with Gasteiger partial charge in [0.15, 0.2) is 5.96 Å². The van der Waals surface area contributed by atoms with Crippen molar-refractivity contribution in [3.8, 4) is 0 Å². The Labute approximate surface area is 124 Å². The van der Waals surface area contributed by atoms with E-state index in [9.17, 15) is 4.79 Å². The average molecular weight is 297 g/mol. The Morgan fingerprint density at radius 1 is 1.35 bits per heavy atom. The highest BCUT2D eigenvalue weighted by molar-refractivity contribution is 7.09. The van der Waals surface area contributed by atoms with E-state index >= 15 is 0 Å². The third-order valence-electron chi connectivity index (χ3n) is 2.81. The van der Waals surface area contributed by atoms with Crippen LogP contribution in [0.4, 0.5) is 0 Å². The Balaban J connectivity index is 2.05. The summed E-state index contributed by atoms with van der Waals surface area (Å²) < 4.78 is 4.60. The Morgan fingerprint density at radius 3 is 2.85 bits per heavy atom. The number of carbonyl (C=O) groups is 1. The molecule has 0 spiro atoms. The number of hydrogen-bond acceptors (Lipinski definition) is 4. The molecule has 0 aliphatic rings. The molecule has 1 heterocycles. The maximum Gasteiger partial charge on any atom is 0.305 e. The molecule has 0 fully saturated rings. The summed E-state index contributed by atoms with van der Waals surface area (Å²) in [5.41, 5.74) is 0. The summed E-state index contributed by atoms with van der Waals surface area (Å²) in [7, 11) is 3.19. The number of carbonyl (C=O) groups excluding carboxylic acids is 1. The second-order valence-electron chi connectivity index (χ2n) is 4.32. The SMILES string of the molecule is CN=C(NCCCCCC(=O)OC)NCc1cccs1. The lowest BCUT2D eigenvalue weighted by molar-refractivity contribution is -0.140. The predicted molar refractivity (Wildman–Crippen MR) is 83.0 cm³/mol. The Hall–Kier alpha value is -1.56. The molecule has 1 aromatic rings. The van der Waals surface area contributed by atoms with Crippen LogP contribution in [0.15, 0.2) is 22.5 Å². The van der Waals surface area contributed by atoms with E-state index in [1.165, 1.54) is 12.0 Å². The van der Waals surface area contributed by atoms with Gasteiger partial charge in [0.1, 0.15) is 0 Å². The number of esters is 1. The van der Waals surface area contributed by atoms with Gasteiger partial charge in [0.25, 0.3) is 0 Å². The van der Waals surface area contributed by atoms with Crippen LogP contribution in [0.2, 0.25) is 0 Å². The highest BCUT2D eigenvalue weighted by Crippen LogP contribution is 2.07. The van der Waals surface area contributed by atoms with Gasteiger partial charge < -0.3 is 15.4 Å². The van der Waals surface area contributed by atoms with Crippen molar-refractivity contribution in [2.45, 2.75) is 32.2 Å². The van der Waals surface area contributed by atoms with Gasteiger partial charge in [-0.2, -0.15) is 0 Å². The molecule has 0 radical (unpaired) electrons. The summed E-state index contributed by atoms with van der Waals surface area (Å²) in [4.78, 5) is 16.4. The molecular formula is C14H23N3O2S. The molecule has 1 aromatic heterocycles. The molecule has 0 saturated carbocycles. The zero-order chi connectivity index (χ0) is 14.6. The highest BCUT2D eigenvalue weighted by Gasteiger charge is 2.00. The molecule has 2 N–H and O–H groups in total. The molecule has 0 atom stereocenters. The van der Waals surface area contributed by atoms with Gasteiger partial charge in [-0.15, -0.1) is 11.3 Å². The van der Waals surface area contributed by atoms with E-state index in [4.69, 9.17) is 0 Å². The van der Waals surface area contributed by atoms with Crippen LogP contribution < -0.4 is 10.6 Å². The zero-order valence-electron chi connectivity index (χ0n) is 12.1. The molecule has 0 bridgehead atoms. The molecule has 0 amide bonds. The van der Waals surface area contributed by atoms with Crippen LogP contribution in [-0.4, -0.2) is 32.6 Å². The minimum Gasteiger partial charge on any atom is -0.469 e. The number of thiophene rings is 1. The number of ether oxygens (including phenoxy) is 1. The highest BCUT2D eigenvalue weighted by atomic mass is 32.1. The third kappa shape index (κ3) is 7.13. The first-order chi connectivity index (χ1) is 9.76. The topological polar surface area (TPSA) is 62.7 Å². The molecule has 0 unspecified atom stereocenters. The fourth-order valence-corrected chi connectivity index (χ4v) is 2.33. The lowest BCUT2D eigenvalue weighted by atomic mass is 10.2. The molecular weight excluding hydrogens is 274 g/mol. The number of unbranched alkanes of at least 4 members (excludes halogenated alkanes) is 2. The molecule has 5 nitrogen and oxygen atoms in total. The number of hydrogen-bond donors (Lipinski definition) is 2. The second kappa shape index (κ2) is 10.3. The Bertz CT molecular complexity index is 405. The summed E-state index contributed by atoms with van der Waals surface area (Å²) in [6, 6.07) is 4.14. The van der Waals surface area contributed by atoms with E-state index in [2.05, 4.69) is 31.8 Å². The largest absolute Gasteiger partial charge is 0.469 e. The number of nitrogens with one attached hydrogen (secondary N) is 2. The fourth-order valence-electron chi connectivity index (χ4n) is 1.68. The van der Waals surface area contributed by atoms with E-state index in [0.29, 0.717) is 6.42 Å². The molecule has 1 rings (SSSR count). The Kier molecular flexibility index (Phi) is 8.46. The molecule has 0 aromatic carbocycles. The third-order valence-corrected chi connectivity index (χ3v) is 3.69. The van der Waals surface area contributed by atoms with Crippen molar-refractivity contribution in [1.82, 2.24) is 10.6 Å². The first kappa shape index (κ1) is 16.5. The van der Waals surface area contributed by atoms with Crippen LogP contribution >= 0.6 is 11.3 Å². The number of aliphatic imine (C=N–C) groups is 1. The van der Waals surface area contributed by atoms with E-state index < -0.39 is 0 Å². The second-order valence-corrected chi connectivity index (χ2v) is 5.35. The van der Waals surface area contributed by atoms with Crippen LogP contribution in [0.3, 0.4) is 0 Å². The van der Waals surface area contributed by atoms with Crippen molar-refractivity contribution in [2.75, 3.05) is 20.7 Å². The van der Waals surface area contributed by atoms with E-state index in [0.717, 1.165) is 38.3 Å². The van der Waals surface area contributed by atoms with Crippen molar-refractivity contribution in [3.05, 3.63) is 22.4 Å². The first-order valence-corrected chi connectivity index (χ1v) is 7.68. The summed E-state index contributed by atoms with van der Waals surface area (Å²) in [6.07, 6.45) is 3.39. The van der Waals surface area contributed by atoms with Gasteiger partial charge in [-0.05, 0) is 24.3 Å². The minimum absolute atomic E-state index is 0.133. The average Bonchev–Trinajstić information content (AvgIpc) is 2.98. The van der Waals surface area contributed by atoms with Crippen LogP contribution in [0, 0.1) is 0 Å². The maximum atomic E-state index is 10.9. The van der Waals surface area contributed by atoms with Crippen molar-refractivity contribution in [2.24, 2.45) is 4.99 Å². The lowest BCUT2D eigenvalue weighted by Gasteiger charge is -2.10. The van der Waals surface area contributed by atoms with Gasteiger partial charge in [-0.3, -0.25) is 9.79 Å². The maximum absolute atomic E-state index is 10.9. The fraction of sp³-hybridized carbons (Fsp3) is 0.571. The summed E-state index contributed by atoms with van der Waals surface area (Å²) in [5.74, 6) is 0.678. The van der Waals surface area contributed by atoms with Gasteiger partial charge in [0.05, 0.1) is 13.7 Å². The monoisotopic (exact) mass is 297 g/mol. The van der Waals surface area contributed by atoms with Gasteiger partial charge in [-0.1, -0.05) is 12.5 Å². The quantitative estimate of drug-likeness (QED) is 0.334. The van der Waals surface area contributed by atoms with Crippen LogP contribution in [0.5, 0.6) is 0 Å². The van der Waals surface area contributed by atoms with Crippen molar-refractivity contribution in [3.63, 3.8) is 0 Å². The standard InChI is InChI=1S/C14H23N3O2S/c1-15-14(17-11-12-7-6-10-20-12)16-9-5-3-4-8-13(18)19-2/h6-7,10H,3-5,8-9,11H2,1-2H3,(H2,15,16,17). The number of rotatable bonds is 8. The van der Waals surface area contributed by atoms with E-state index in [1.54, 1.807) is 18.4 Å². The molecule has 6 heteroatoms. The van der Waals surface area contributed by atoms with Gasteiger partial charge in [-0.25, -0.2) is 0 Å². The van der Waals surface area contributed by atoms with Crippen molar-refractivity contribution < 1.29 is 9.53 Å². The Morgan fingerprint density at radius 2 is 2.20 bits per heavy atom. The van der Waals surface area contributed by atoms with E-state index in [-0.39, 0.29) is 5.97 Å². The molecule has 0 aliphatic heterocycles. The van der Waals surface area contributed by atoms with Crippen molar-refractivity contribution in [1.29, 1.82) is 0 Å². The molecule has 112 valence electrons. The molecule has 0 aliphatic carbocycles. The smallest absolute Gasteiger partial charge is 0.305 e. The summed E-state index contributed by atoms with van der Waals surface area (Å²) in [6.45, 7) is 1.64. The van der Waals surface area contributed by atoms with Gasteiger partial charge in [0.2, 0.25) is 0 Å². The van der Waals surface area contributed by atoms with Crippen LogP contribution in [0.25, 0.3) is 0 Å². The van der Waals surface area contributed by atoms with Gasteiger partial charge >= 0.3 is 5.97 Å². The first-order valence-electron chi connectivity index (χ1n) is 6.80. The van der Waals surface area contributed by atoms with Gasteiger partial charge in [0, 0.05) is 24.9 Å². The minimum atomic E-state index is -0.133. The zero-order valence-corrected chi connectivity index (χ0v) is 13.0. The molecule has 0 saturated heterocycles. The van der Waals surface area contributed by atoms with Crippen molar-refractivity contribution >= 4 is 23.3 Å². The normalized spacial score (nSPS) is 11.2. The number of methoxy groups -OCH3 is 1. The van der Waals surface area contributed by atoms with Crippen LogP contribution in [0.1, 0.15) is 30.6 Å². The predicted octanol–water partition coefficient (Wildman–Crippen LogP) is 2.15.